The molecule has 1 aromatic heterocycles. The zero-order valence-electron chi connectivity index (χ0n) is 10.2. The molecule has 0 aliphatic rings. The summed E-state index contributed by atoms with van der Waals surface area (Å²) >= 11 is 12.0. The second-order valence-corrected chi connectivity index (χ2v) is 4.81. The molecule has 19 heavy (non-hydrogen) atoms. The van der Waals surface area contributed by atoms with Gasteiger partial charge in [0.25, 0.3) is 0 Å². The molecular weight excluding hydrogens is 283 g/mol. The monoisotopic (exact) mass is 296 g/mol. The first kappa shape index (κ1) is 13.9. The summed E-state index contributed by atoms with van der Waals surface area (Å²) in [5.74, 6) is 6.69. The predicted octanol–water partition coefficient (Wildman–Crippen LogP) is 3.33. The summed E-state index contributed by atoms with van der Waals surface area (Å²) in [6.07, 6.45) is 0.790. The molecule has 0 aliphatic carbocycles. The molecule has 2 aromatic rings. The molecule has 100 valence electrons. The van der Waals surface area contributed by atoms with Crippen molar-refractivity contribution in [2.75, 3.05) is 17.3 Å². The van der Waals surface area contributed by atoms with E-state index in [4.69, 9.17) is 29.0 Å². The van der Waals surface area contributed by atoms with Gasteiger partial charge in [-0.25, -0.2) is 10.8 Å². The van der Waals surface area contributed by atoms with Gasteiger partial charge >= 0.3 is 0 Å². The van der Waals surface area contributed by atoms with Crippen LogP contribution in [-0.4, -0.2) is 11.5 Å². The molecule has 0 unspecified atom stereocenters. The molecule has 0 bridgehead atoms. The Labute approximate surface area is 121 Å². The molecule has 1 aromatic carbocycles. The molecule has 0 aliphatic heterocycles. The third-order valence-electron chi connectivity index (χ3n) is 2.61. The normalized spacial score (nSPS) is 10.3. The number of aromatic nitrogens is 1. The minimum Gasteiger partial charge on any atom is -0.370 e. The molecule has 0 saturated heterocycles. The molecule has 0 radical (unpaired) electrons. The lowest BCUT2D eigenvalue weighted by Crippen LogP contribution is -2.11. The van der Waals surface area contributed by atoms with Gasteiger partial charge < -0.3 is 10.7 Å². The van der Waals surface area contributed by atoms with Crippen molar-refractivity contribution in [3.05, 3.63) is 52.0 Å². The van der Waals surface area contributed by atoms with Crippen molar-refractivity contribution >= 4 is 34.8 Å². The van der Waals surface area contributed by atoms with E-state index in [2.05, 4.69) is 15.7 Å². The van der Waals surface area contributed by atoms with Gasteiger partial charge in [-0.15, -0.1) is 0 Å². The third kappa shape index (κ3) is 3.99. The number of pyridine rings is 1. The Balaban J connectivity index is 1.92. The molecule has 6 heteroatoms. The highest BCUT2D eigenvalue weighted by molar-refractivity contribution is 6.35. The molecule has 4 nitrogen and oxygen atoms in total. The summed E-state index contributed by atoms with van der Waals surface area (Å²) in [7, 11) is 0. The number of nitrogens with zero attached hydrogens (tertiary/aromatic N) is 1. The van der Waals surface area contributed by atoms with E-state index in [1.54, 1.807) is 12.1 Å². The standard InChI is InChI=1S/C13H14Cl2N4/c14-10-5-4-9(11(15)8-10)6-7-17-12-2-1-3-13(18-12)19-16/h1-5,8H,6-7,16H2,(H2,17,18,19). The fraction of sp³-hybridized carbons (Fsp3) is 0.154. The van der Waals surface area contributed by atoms with Crippen molar-refractivity contribution in [3.63, 3.8) is 0 Å². The Morgan fingerprint density at radius 1 is 1.11 bits per heavy atom. The van der Waals surface area contributed by atoms with Gasteiger partial charge in [0.05, 0.1) is 0 Å². The summed E-state index contributed by atoms with van der Waals surface area (Å²) in [4.78, 5) is 4.26. The number of rotatable bonds is 5. The van der Waals surface area contributed by atoms with Crippen LogP contribution in [0, 0.1) is 0 Å². The van der Waals surface area contributed by atoms with E-state index in [0.717, 1.165) is 24.3 Å². The maximum atomic E-state index is 6.10. The molecule has 0 atom stereocenters. The smallest absolute Gasteiger partial charge is 0.142 e. The minimum absolute atomic E-state index is 0.620. The highest BCUT2D eigenvalue weighted by Crippen LogP contribution is 2.21. The average molecular weight is 297 g/mol. The van der Waals surface area contributed by atoms with Gasteiger partial charge in [0.1, 0.15) is 11.6 Å². The molecule has 0 amide bonds. The van der Waals surface area contributed by atoms with E-state index in [1.807, 2.05) is 24.3 Å². The van der Waals surface area contributed by atoms with Gasteiger partial charge in [-0.1, -0.05) is 35.3 Å². The van der Waals surface area contributed by atoms with Crippen molar-refractivity contribution in [2.24, 2.45) is 5.84 Å². The van der Waals surface area contributed by atoms with Crippen molar-refractivity contribution in [3.8, 4) is 0 Å². The third-order valence-corrected chi connectivity index (χ3v) is 3.20. The van der Waals surface area contributed by atoms with Crippen LogP contribution in [-0.2, 0) is 6.42 Å². The average Bonchev–Trinajstić information content (AvgIpc) is 2.41. The molecule has 0 spiro atoms. The van der Waals surface area contributed by atoms with Crippen LogP contribution in [0.2, 0.25) is 10.0 Å². The molecule has 2 rings (SSSR count). The Bertz CT molecular complexity index is 560. The number of benzene rings is 1. The topological polar surface area (TPSA) is 63.0 Å². The Morgan fingerprint density at radius 3 is 2.63 bits per heavy atom. The van der Waals surface area contributed by atoms with E-state index in [9.17, 15) is 0 Å². The number of anilines is 2. The van der Waals surface area contributed by atoms with Gasteiger partial charge in [-0.05, 0) is 36.2 Å². The molecule has 0 fully saturated rings. The maximum Gasteiger partial charge on any atom is 0.142 e. The van der Waals surface area contributed by atoms with Crippen molar-refractivity contribution in [1.29, 1.82) is 0 Å². The van der Waals surface area contributed by atoms with Crippen LogP contribution in [0.25, 0.3) is 0 Å². The molecular formula is C13H14Cl2N4. The Kier molecular flexibility index (Phi) is 4.85. The number of hydrogen-bond acceptors (Lipinski definition) is 4. The van der Waals surface area contributed by atoms with Crippen LogP contribution < -0.4 is 16.6 Å². The zero-order valence-corrected chi connectivity index (χ0v) is 11.7. The maximum absolute atomic E-state index is 6.10. The molecule has 4 N–H and O–H groups in total. The van der Waals surface area contributed by atoms with E-state index < -0.39 is 0 Å². The number of hydrogen-bond donors (Lipinski definition) is 3. The van der Waals surface area contributed by atoms with Gasteiger partial charge in [0.15, 0.2) is 0 Å². The van der Waals surface area contributed by atoms with Crippen LogP contribution in [0.15, 0.2) is 36.4 Å². The number of nitrogen functional groups attached to an aromatic ring is 1. The summed E-state index contributed by atoms with van der Waals surface area (Å²) in [6, 6.07) is 11.1. The lowest BCUT2D eigenvalue weighted by Gasteiger charge is -2.08. The quantitative estimate of drug-likeness (QED) is 0.585. The van der Waals surface area contributed by atoms with E-state index >= 15 is 0 Å². The van der Waals surface area contributed by atoms with Gasteiger partial charge in [0.2, 0.25) is 0 Å². The fourth-order valence-corrected chi connectivity index (χ4v) is 2.17. The van der Waals surface area contributed by atoms with E-state index in [1.165, 1.54) is 0 Å². The minimum atomic E-state index is 0.620. The van der Waals surface area contributed by atoms with Crippen molar-refractivity contribution < 1.29 is 0 Å². The van der Waals surface area contributed by atoms with Crippen LogP contribution >= 0.6 is 23.2 Å². The fourth-order valence-electron chi connectivity index (χ4n) is 1.66. The lowest BCUT2D eigenvalue weighted by atomic mass is 10.1. The predicted molar refractivity (Wildman–Crippen MR) is 80.7 cm³/mol. The highest BCUT2D eigenvalue weighted by Gasteiger charge is 2.01. The van der Waals surface area contributed by atoms with Crippen LogP contribution in [0.5, 0.6) is 0 Å². The largest absolute Gasteiger partial charge is 0.370 e. The van der Waals surface area contributed by atoms with Crippen LogP contribution in [0.3, 0.4) is 0 Å². The van der Waals surface area contributed by atoms with E-state index in [0.29, 0.717) is 15.9 Å². The number of halogens is 2. The van der Waals surface area contributed by atoms with Gasteiger partial charge in [-0.2, -0.15) is 0 Å². The number of nitrogens with one attached hydrogen (secondary N) is 2. The van der Waals surface area contributed by atoms with E-state index in [-0.39, 0.29) is 0 Å². The van der Waals surface area contributed by atoms with Crippen LogP contribution in [0.1, 0.15) is 5.56 Å². The summed E-state index contributed by atoms with van der Waals surface area (Å²) in [6.45, 7) is 0.725. The first-order valence-electron chi connectivity index (χ1n) is 5.80. The number of hydrazine groups is 1. The van der Waals surface area contributed by atoms with Crippen molar-refractivity contribution in [1.82, 2.24) is 4.98 Å². The Hall–Kier alpha value is -1.49. The SMILES string of the molecule is NNc1cccc(NCCc2ccc(Cl)cc2Cl)n1. The highest BCUT2D eigenvalue weighted by atomic mass is 35.5. The van der Waals surface area contributed by atoms with Crippen molar-refractivity contribution in [2.45, 2.75) is 6.42 Å². The zero-order chi connectivity index (χ0) is 13.7. The second kappa shape index (κ2) is 6.61. The first-order chi connectivity index (χ1) is 9.19. The van der Waals surface area contributed by atoms with Gasteiger partial charge in [-0.3, -0.25) is 0 Å². The second-order valence-electron chi connectivity index (χ2n) is 3.96. The summed E-state index contributed by atoms with van der Waals surface area (Å²) < 4.78 is 0. The number of nitrogens with two attached hydrogens (primary N) is 1. The van der Waals surface area contributed by atoms with Crippen LogP contribution in [0.4, 0.5) is 11.6 Å². The van der Waals surface area contributed by atoms with Gasteiger partial charge in [0, 0.05) is 16.6 Å². The lowest BCUT2D eigenvalue weighted by molar-refractivity contribution is 1.01. The first-order valence-corrected chi connectivity index (χ1v) is 6.56. The summed E-state index contributed by atoms with van der Waals surface area (Å²) in [5, 5.41) is 4.54. The Morgan fingerprint density at radius 2 is 1.89 bits per heavy atom. The molecule has 0 saturated carbocycles. The molecule has 1 heterocycles. The summed E-state index contributed by atoms with van der Waals surface area (Å²) in [5.41, 5.74) is 3.55.